The number of phosphoric acid groups is 1. The summed E-state index contributed by atoms with van der Waals surface area (Å²) < 4.78 is 52.9. The Morgan fingerprint density at radius 3 is 2.12 bits per heavy atom. The summed E-state index contributed by atoms with van der Waals surface area (Å²) in [6.45, 7) is -1.74. The van der Waals surface area contributed by atoms with Crippen molar-refractivity contribution in [2.75, 3.05) is 25.5 Å². The number of nitrogens with two attached hydrogens (primary N) is 1. The van der Waals surface area contributed by atoms with Gasteiger partial charge in [-0.2, -0.15) is 4.98 Å². The predicted octanol–water partition coefficient (Wildman–Crippen LogP) is -12.3. The summed E-state index contributed by atoms with van der Waals surface area (Å²) in [4.78, 5) is 35.3. The minimum Gasteiger partial charge on any atom is -0.756 e. The number of hydrogen-bond acceptors (Lipinski definition) is 21. The van der Waals surface area contributed by atoms with E-state index in [2.05, 4.69) is 37.9 Å². The minimum atomic E-state index is -5.41. The average Bonchev–Trinajstić information content (AvgIpc) is 3.69. The van der Waals surface area contributed by atoms with Crippen LogP contribution in [0.1, 0.15) is 12.6 Å². The van der Waals surface area contributed by atoms with Crippen LogP contribution >= 0.6 is 7.82 Å². The molecule has 1 unspecified atom stereocenters. The Hall–Kier alpha value is -2.42. The number of phosphoric ester groups is 1. The summed E-state index contributed by atoms with van der Waals surface area (Å²) in [5.74, 6) is -0.261. The van der Waals surface area contributed by atoms with Crippen molar-refractivity contribution in [3.63, 3.8) is 0 Å². The van der Waals surface area contributed by atoms with Gasteiger partial charge >= 0.3 is 0 Å². The van der Waals surface area contributed by atoms with Gasteiger partial charge < -0.3 is 107 Å². The topological polar surface area (TPSA) is 467 Å². The maximum Gasteiger partial charge on any atom is 0.280 e. The molecular weight excluding hydrogens is 781 g/mol. The zero-order valence-electron chi connectivity index (χ0n) is 29.7. The Labute approximate surface area is 315 Å². The molecule has 4 fully saturated rings. The molecule has 20 atom stereocenters. The van der Waals surface area contributed by atoms with Crippen molar-refractivity contribution in [3.05, 3.63) is 16.7 Å². The second-order valence-corrected chi connectivity index (χ2v) is 15.6. The van der Waals surface area contributed by atoms with Crippen LogP contribution in [0.25, 0.3) is 11.2 Å². The highest BCUT2D eigenvalue weighted by atomic mass is 31.2. The van der Waals surface area contributed by atoms with Crippen LogP contribution in [0.3, 0.4) is 0 Å². The highest BCUT2D eigenvalue weighted by molar-refractivity contribution is 7.45. The first-order chi connectivity index (χ1) is 26.4. The minimum absolute atomic E-state index is 0.0866. The molecule has 3 saturated heterocycles. The lowest BCUT2D eigenvalue weighted by Crippen LogP contribution is -2.83. The fourth-order valence-corrected chi connectivity index (χ4v) is 8.27. The van der Waals surface area contributed by atoms with E-state index in [0.29, 0.717) is 0 Å². The molecule has 318 valence electrons. The number of imidazole rings is 1. The van der Waals surface area contributed by atoms with Gasteiger partial charge in [0.05, 0.1) is 26.0 Å². The number of aliphatic hydroxyl groups excluding tert-OH is 8. The number of aliphatic hydroxyl groups is 8. The molecule has 5 heterocycles. The standard InChI is InChI=1S/C28H48N9O18P/c29-2-8-22(55-56(47,48)49-4-10-14(40)17(43)25(50-10)37-5-34-12-23(37)35-28(33)36-24(12)46)16(42)18(44)27(51-8)54-21-7(31)1-6(30)20(19(21)45)53-26-15(41)11(32)13(39)9(3-38)52-26/h5-11,13-22,25-27,38-45H,1-4,29-32H2,(H,47,48)(H3,33,35,36,46)/p+3/t6-,7+,8-,9-,10-,11+,13-,14-,15-,16-,17-,18-,19-,20+,21-,22-,25-,26-,27-/m1/s1. The van der Waals surface area contributed by atoms with Crippen LogP contribution in [0.5, 0.6) is 0 Å². The van der Waals surface area contributed by atoms with Gasteiger partial charge in [0, 0.05) is 0 Å². The molecule has 2 aromatic heterocycles. The van der Waals surface area contributed by atoms with Gasteiger partial charge in [-0.1, -0.05) is 0 Å². The molecule has 1 aliphatic carbocycles. The third-order valence-electron chi connectivity index (χ3n) is 10.5. The van der Waals surface area contributed by atoms with Crippen molar-refractivity contribution < 1.29 is 106 Å². The van der Waals surface area contributed by atoms with E-state index >= 15 is 0 Å². The van der Waals surface area contributed by atoms with Gasteiger partial charge in [-0.25, -0.2) is 4.98 Å². The van der Waals surface area contributed by atoms with E-state index in [-0.39, 0.29) is 30.1 Å². The molecule has 4 aliphatic rings. The summed E-state index contributed by atoms with van der Waals surface area (Å²) in [6.07, 6.45) is -23.1. The zero-order chi connectivity index (χ0) is 41.0. The Kier molecular flexibility index (Phi) is 13.1. The molecule has 0 aromatic carbocycles. The van der Waals surface area contributed by atoms with Crippen molar-refractivity contribution >= 4 is 24.9 Å². The maximum absolute atomic E-state index is 13.0. The van der Waals surface area contributed by atoms with Crippen molar-refractivity contribution in [2.45, 2.75) is 123 Å². The molecule has 2 aromatic rings. The van der Waals surface area contributed by atoms with Crippen molar-refractivity contribution in [2.24, 2.45) is 0 Å². The van der Waals surface area contributed by atoms with E-state index < -0.39 is 143 Å². The summed E-state index contributed by atoms with van der Waals surface area (Å²) in [5.41, 5.74) is 20.1. The molecule has 0 bridgehead atoms. The fourth-order valence-electron chi connectivity index (χ4n) is 7.32. The lowest BCUT2D eigenvalue weighted by atomic mass is 9.84. The Balaban J connectivity index is 1.07. The number of rotatable bonds is 12. The van der Waals surface area contributed by atoms with Crippen molar-refractivity contribution in [3.8, 4) is 0 Å². The van der Waals surface area contributed by atoms with Gasteiger partial charge in [0.25, 0.3) is 13.4 Å². The average molecular weight is 833 g/mol. The molecular formula is C28H51N9O18P+3. The largest absolute Gasteiger partial charge is 0.756 e. The van der Waals surface area contributed by atoms with Crippen LogP contribution < -0.4 is 39.1 Å². The van der Waals surface area contributed by atoms with Gasteiger partial charge in [0.1, 0.15) is 97.9 Å². The van der Waals surface area contributed by atoms with E-state index in [1.165, 1.54) is 0 Å². The number of nitrogens with zero attached hydrogens (tertiary/aromatic N) is 3. The summed E-state index contributed by atoms with van der Waals surface area (Å²) >= 11 is 0. The van der Waals surface area contributed by atoms with Crippen LogP contribution in [0.15, 0.2) is 11.1 Å². The molecule has 0 amide bonds. The Morgan fingerprint density at radius 1 is 0.875 bits per heavy atom. The van der Waals surface area contributed by atoms with E-state index in [4.69, 9.17) is 38.5 Å². The van der Waals surface area contributed by atoms with Gasteiger partial charge in [-0.15, -0.1) is 0 Å². The van der Waals surface area contributed by atoms with Crippen molar-refractivity contribution in [1.82, 2.24) is 19.5 Å². The fraction of sp³-hybridized carbons (Fsp3) is 0.821. The van der Waals surface area contributed by atoms with Gasteiger partial charge in [0.15, 0.2) is 36.1 Å². The lowest BCUT2D eigenvalue weighted by molar-refractivity contribution is -0.525. The number of nitrogens with one attached hydrogen (secondary N) is 1. The molecule has 28 heteroatoms. The van der Waals surface area contributed by atoms with Crippen LogP contribution in [0, 0.1) is 0 Å². The predicted molar refractivity (Wildman–Crippen MR) is 174 cm³/mol. The highest BCUT2D eigenvalue weighted by Crippen LogP contribution is 2.44. The van der Waals surface area contributed by atoms with Crippen molar-refractivity contribution in [1.29, 1.82) is 0 Å². The highest BCUT2D eigenvalue weighted by Gasteiger charge is 2.55. The summed E-state index contributed by atoms with van der Waals surface area (Å²) in [5, 5.41) is 85.2. The third-order valence-corrected chi connectivity index (χ3v) is 11.4. The molecule has 27 nitrogen and oxygen atoms in total. The third kappa shape index (κ3) is 8.37. The number of fused-ring (bicyclic) bond motifs is 1. The number of quaternary nitrogens is 4. The number of H-pyrrole nitrogens is 1. The zero-order valence-corrected chi connectivity index (χ0v) is 30.6. The number of hydrogen-bond donors (Lipinski definition) is 14. The smallest absolute Gasteiger partial charge is 0.280 e. The van der Waals surface area contributed by atoms with E-state index in [1.807, 2.05) is 0 Å². The maximum atomic E-state index is 13.0. The Morgan fingerprint density at radius 2 is 1.50 bits per heavy atom. The number of aromatic nitrogens is 4. The molecule has 23 N–H and O–H groups in total. The van der Waals surface area contributed by atoms with Gasteiger partial charge in [-0.05, 0) is 0 Å². The Bertz CT molecular complexity index is 1760. The molecule has 1 saturated carbocycles. The molecule has 0 radical (unpaired) electrons. The second-order valence-electron chi connectivity index (χ2n) is 14.3. The summed E-state index contributed by atoms with van der Waals surface area (Å²) in [6, 6.07) is -2.34. The normalized spacial score (nSPS) is 44.6. The van der Waals surface area contributed by atoms with E-state index in [1.54, 1.807) is 0 Å². The lowest BCUT2D eigenvalue weighted by Gasteiger charge is -2.46. The first-order valence-corrected chi connectivity index (χ1v) is 19.1. The van der Waals surface area contributed by atoms with Crippen LogP contribution in [-0.2, 0) is 37.3 Å². The number of aromatic amines is 1. The van der Waals surface area contributed by atoms with Crippen LogP contribution in [0.2, 0.25) is 0 Å². The van der Waals surface area contributed by atoms with E-state index in [0.717, 1.165) is 10.9 Å². The SMILES string of the molecule is Nc1nc2c(ncn2[C@@H]2O[C@H](COP(=O)([O-])O[C@H]3[C@H](O)[C@@H](O)[C@@H](O[C@H]4[C@H](O)[C@@H](O[C@H]5O[C@H](CO)[C@@H](O)[C@H]([NH3+])[C@H]5O)[C@H]([NH3+])C[C@@H]4[NH3+])O[C@@H]3C[NH3+])[C@@H](O)[C@H]2O)c(=O)[nH]1. The molecule has 3 aliphatic heterocycles. The number of anilines is 1. The first kappa shape index (κ1) is 43.2. The number of ether oxygens (including phenoxy) is 5. The monoisotopic (exact) mass is 832 g/mol. The summed E-state index contributed by atoms with van der Waals surface area (Å²) in [7, 11) is -5.41. The molecule has 0 spiro atoms. The van der Waals surface area contributed by atoms with E-state index in [9.17, 15) is 55.1 Å². The van der Waals surface area contributed by atoms with Crippen LogP contribution in [0.4, 0.5) is 5.95 Å². The van der Waals surface area contributed by atoms with Gasteiger partial charge in [0.2, 0.25) is 5.95 Å². The second kappa shape index (κ2) is 17.0. The quantitative estimate of drug-likeness (QED) is 0.0883. The van der Waals surface area contributed by atoms with Crippen LogP contribution in [-0.4, -0.2) is 190 Å². The number of nitrogen functional groups attached to an aromatic ring is 1. The molecule has 56 heavy (non-hydrogen) atoms. The van der Waals surface area contributed by atoms with Gasteiger partial charge in [-0.3, -0.25) is 18.9 Å². The molecule has 6 rings (SSSR count). The first-order valence-electron chi connectivity index (χ1n) is 17.7.